The fourth-order valence-electron chi connectivity index (χ4n) is 4.23. The van der Waals surface area contributed by atoms with Gasteiger partial charge in [0, 0.05) is 17.3 Å². The lowest BCUT2D eigenvalue weighted by molar-refractivity contribution is 0.0577. The summed E-state index contributed by atoms with van der Waals surface area (Å²) in [6, 6.07) is 6.64. The van der Waals surface area contributed by atoms with E-state index in [0.717, 1.165) is 11.1 Å². The standard InChI is InChI=1S/C26H29ClN6O4/c1-13-8-17(15(3)30-19-6-7-20(27)31-21(19)25(28)32-36)24-18(9-13)22(34)14(2)23(37-24)16-10-29-33(11-16)12-26(4,5)35/h6-11,15,30,35-36H,12H2,1-5H3,(H2,28,32)/t15-/m1/s1. The van der Waals surface area contributed by atoms with Gasteiger partial charge in [-0.1, -0.05) is 22.8 Å². The molecule has 0 aliphatic carbocycles. The molecule has 11 heteroatoms. The first-order chi connectivity index (χ1) is 17.4. The third-order valence-electron chi connectivity index (χ3n) is 5.89. The van der Waals surface area contributed by atoms with Gasteiger partial charge in [-0.25, -0.2) is 4.98 Å². The van der Waals surface area contributed by atoms with Crippen LogP contribution in [0.3, 0.4) is 0 Å². The van der Waals surface area contributed by atoms with Crippen LogP contribution in [-0.2, 0) is 6.54 Å². The van der Waals surface area contributed by atoms with Crippen LogP contribution in [0.4, 0.5) is 5.69 Å². The third-order valence-corrected chi connectivity index (χ3v) is 6.10. The molecule has 37 heavy (non-hydrogen) atoms. The summed E-state index contributed by atoms with van der Waals surface area (Å²) in [5.74, 6) is 0.209. The highest BCUT2D eigenvalue weighted by Gasteiger charge is 2.22. The van der Waals surface area contributed by atoms with Crippen molar-refractivity contribution in [1.82, 2.24) is 14.8 Å². The number of hydrogen-bond donors (Lipinski definition) is 4. The number of aromatic nitrogens is 3. The fraction of sp³-hybridized carbons (Fsp3) is 0.308. The summed E-state index contributed by atoms with van der Waals surface area (Å²) >= 11 is 6.01. The number of oxime groups is 1. The van der Waals surface area contributed by atoms with E-state index in [4.69, 9.17) is 21.8 Å². The molecule has 5 N–H and O–H groups in total. The van der Waals surface area contributed by atoms with Crippen molar-refractivity contribution in [3.8, 4) is 11.3 Å². The first-order valence-corrected chi connectivity index (χ1v) is 12.0. The molecule has 0 bridgehead atoms. The zero-order valence-electron chi connectivity index (χ0n) is 21.2. The molecule has 0 aliphatic rings. The average Bonchev–Trinajstić information content (AvgIpc) is 3.28. The molecule has 1 atom stereocenters. The number of hydrogen-bond acceptors (Lipinski definition) is 8. The molecule has 4 aromatic rings. The van der Waals surface area contributed by atoms with E-state index < -0.39 is 5.60 Å². The lowest BCUT2D eigenvalue weighted by atomic mass is 9.99. The SMILES string of the molecule is Cc1cc([C@@H](C)Nc2ccc(Cl)nc2/C(N)=N/O)c2oc(-c3cnn(CC(C)(C)O)c3)c(C)c(=O)c2c1. The van der Waals surface area contributed by atoms with Gasteiger partial charge >= 0.3 is 0 Å². The van der Waals surface area contributed by atoms with Crippen molar-refractivity contribution in [2.75, 3.05) is 5.32 Å². The highest BCUT2D eigenvalue weighted by Crippen LogP contribution is 2.32. The van der Waals surface area contributed by atoms with Gasteiger partial charge < -0.3 is 25.8 Å². The molecule has 4 rings (SSSR count). The molecule has 0 saturated heterocycles. The number of fused-ring (bicyclic) bond motifs is 1. The first kappa shape index (κ1) is 26.2. The lowest BCUT2D eigenvalue weighted by Gasteiger charge is -2.20. The second-order valence-corrected chi connectivity index (χ2v) is 10.1. The first-order valence-electron chi connectivity index (χ1n) is 11.6. The quantitative estimate of drug-likeness (QED) is 0.0914. The van der Waals surface area contributed by atoms with Crippen LogP contribution in [0.25, 0.3) is 22.3 Å². The molecule has 0 unspecified atom stereocenters. The zero-order chi connectivity index (χ0) is 27.1. The fourth-order valence-corrected chi connectivity index (χ4v) is 4.38. The summed E-state index contributed by atoms with van der Waals surface area (Å²) in [7, 11) is 0. The molecule has 1 aromatic carbocycles. The predicted molar refractivity (Wildman–Crippen MR) is 143 cm³/mol. The van der Waals surface area contributed by atoms with Crippen molar-refractivity contribution in [2.24, 2.45) is 10.9 Å². The van der Waals surface area contributed by atoms with Crippen LogP contribution < -0.4 is 16.5 Å². The van der Waals surface area contributed by atoms with Crippen LogP contribution in [0, 0.1) is 13.8 Å². The van der Waals surface area contributed by atoms with E-state index in [9.17, 15) is 15.1 Å². The van der Waals surface area contributed by atoms with E-state index >= 15 is 0 Å². The largest absolute Gasteiger partial charge is 0.455 e. The molecule has 0 radical (unpaired) electrons. The Balaban J connectivity index is 1.83. The Morgan fingerprint density at radius 3 is 2.73 bits per heavy atom. The maximum Gasteiger partial charge on any atom is 0.196 e. The normalized spacial score (nSPS) is 13.2. The zero-order valence-corrected chi connectivity index (χ0v) is 22.0. The molecular formula is C26H29ClN6O4. The Hall–Kier alpha value is -3.89. The molecule has 3 aromatic heterocycles. The van der Waals surface area contributed by atoms with Crippen molar-refractivity contribution in [2.45, 2.75) is 52.8 Å². The summed E-state index contributed by atoms with van der Waals surface area (Å²) in [5.41, 5.74) is 8.54. The molecule has 10 nitrogen and oxygen atoms in total. The predicted octanol–water partition coefficient (Wildman–Crippen LogP) is 4.36. The molecular weight excluding hydrogens is 496 g/mol. The van der Waals surface area contributed by atoms with Gasteiger partial charge in [-0.3, -0.25) is 9.48 Å². The van der Waals surface area contributed by atoms with E-state index in [1.807, 2.05) is 19.9 Å². The summed E-state index contributed by atoms with van der Waals surface area (Å²) in [6.07, 6.45) is 3.36. The van der Waals surface area contributed by atoms with Crippen molar-refractivity contribution in [1.29, 1.82) is 0 Å². The van der Waals surface area contributed by atoms with E-state index in [1.54, 1.807) is 56.0 Å². The molecule has 0 saturated carbocycles. The smallest absolute Gasteiger partial charge is 0.196 e. The maximum atomic E-state index is 13.4. The van der Waals surface area contributed by atoms with Crippen LogP contribution in [0.2, 0.25) is 5.15 Å². The Morgan fingerprint density at radius 2 is 2.05 bits per heavy atom. The van der Waals surface area contributed by atoms with E-state index in [-0.39, 0.29) is 34.7 Å². The molecule has 0 fully saturated rings. The molecule has 3 heterocycles. The van der Waals surface area contributed by atoms with Crippen molar-refractivity contribution >= 4 is 34.1 Å². The van der Waals surface area contributed by atoms with Crippen LogP contribution in [0.15, 0.2) is 51.0 Å². The van der Waals surface area contributed by atoms with Crippen molar-refractivity contribution < 1.29 is 14.7 Å². The number of nitrogens with zero attached hydrogens (tertiary/aromatic N) is 4. The Kier molecular flexibility index (Phi) is 6.98. The summed E-state index contributed by atoms with van der Waals surface area (Å²) < 4.78 is 8.00. The third kappa shape index (κ3) is 5.45. The average molecular weight is 525 g/mol. The topological polar surface area (TPSA) is 152 Å². The lowest BCUT2D eigenvalue weighted by Crippen LogP contribution is -2.26. The van der Waals surface area contributed by atoms with Gasteiger partial charge in [0.1, 0.15) is 22.2 Å². The van der Waals surface area contributed by atoms with Crippen LogP contribution in [-0.4, -0.2) is 36.5 Å². The Bertz CT molecular complexity index is 1570. The van der Waals surface area contributed by atoms with Gasteiger partial charge in [-0.2, -0.15) is 5.10 Å². The highest BCUT2D eigenvalue weighted by molar-refractivity contribution is 6.29. The van der Waals surface area contributed by atoms with Crippen LogP contribution in [0.5, 0.6) is 0 Å². The van der Waals surface area contributed by atoms with Gasteiger partial charge in [-0.05, 0) is 58.4 Å². The Morgan fingerprint density at radius 1 is 1.32 bits per heavy atom. The maximum absolute atomic E-state index is 13.4. The number of anilines is 1. The van der Waals surface area contributed by atoms with E-state index in [1.165, 1.54) is 0 Å². The van der Waals surface area contributed by atoms with Crippen LogP contribution in [0.1, 0.15) is 49.2 Å². The van der Waals surface area contributed by atoms with Gasteiger partial charge in [0.2, 0.25) is 0 Å². The monoisotopic (exact) mass is 524 g/mol. The number of nitrogens with one attached hydrogen (secondary N) is 1. The van der Waals surface area contributed by atoms with Gasteiger partial charge in [-0.15, -0.1) is 0 Å². The molecule has 194 valence electrons. The highest BCUT2D eigenvalue weighted by atomic mass is 35.5. The van der Waals surface area contributed by atoms with Crippen molar-refractivity contribution in [3.05, 3.63) is 74.4 Å². The van der Waals surface area contributed by atoms with Gasteiger partial charge in [0.25, 0.3) is 0 Å². The number of halogens is 1. The second-order valence-electron chi connectivity index (χ2n) is 9.74. The van der Waals surface area contributed by atoms with E-state index in [0.29, 0.717) is 33.5 Å². The number of nitrogens with two attached hydrogens (primary N) is 1. The Labute approximate surface area is 218 Å². The molecule has 0 spiro atoms. The number of benzene rings is 1. The van der Waals surface area contributed by atoms with Gasteiger partial charge in [0.05, 0.1) is 41.0 Å². The minimum absolute atomic E-state index is 0.144. The summed E-state index contributed by atoms with van der Waals surface area (Å²) in [5, 5.41) is 30.6. The number of amidine groups is 1. The number of pyridine rings is 1. The minimum Gasteiger partial charge on any atom is -0.455 e. The van der Waals surface area contributed by atoms with Crippen molar-refractivity contribution in [3.63, 3.8) is 0 Å². The second kappa shape index (κ2) is 9.87. The minimum atomic E-state index is -0.951. The van der Waals surface area contributed by atoms with E-state index in [2.05, 4.69) is 20.6 Å². The summed E-state index contributed by atoms with van der Waals surface area (Å²) in [4.78, 5) is 17.6. The molecule has 0 amide bonds. The van der Waals surface area contributed by atoms with Crippen LogP contribution >= 0.6 is 11.6 Å². The number of aryl methyl sites for hydroxylation is 1. The van der Waals surface area contributed by atoms with Gasteiger partial charge in [0.15, 0.2) is 11.3 Å². The summed E-state index contributed by atoms with van der Waals surface area (Å²) in [6.45, 7) is 9.21. The number of aliphatic hydroxyl groups is 1. The molecule has 0 aliphatic heterocycles. The number of rotatable bonds is 7.